The molecule has 0 aliphatic heterocycles. The molecule has 0 aliphatic rings. The summed E-state index contributed by atoms with van der Waals surface area (Å²) in [6.45, 7) is 7.83. The molecule has 0 unspecified atom stereocenters. The highest BCUT2D eigenvalue weighted by Crippen LogP contribution is 2.42. The van der Waals surface area contributed by atoms with Crippen LogP contribution in [0.3, 0.4) is 0 Å². The van der Waals surface area contributed by atoms with Crippen molar-refractivity contribution in [1.82, 2.24) is 0 Å². The maximum atomic E-state index is 6.93. The SMILES string of the molecule is C=CCC(CC=C)OC(c1ccccc1)(c1ccccc1)c1ccccc1. The van der Waals surface area contributed by atoms with Gasteiger partial charge in [-0.3, -0.25) is 0 Å². The van der Waals surface area contributed by atoms with Gasteiger partial charge < -0.3 is 4.74 Å². The minimum atomic E-state index is -0.694. The largest absolute Gasteiger partial charge is 0.357 e. The maximum absolute atomic E-state index is 6.93. The fourth-order valence-corrected chi connectivity index (χ4v) is 3.54. The number of ether oxygens (including phenoxy) is 1. The molecule has 0 fully saturated rings. The molecule has 0 amide bonds. The van der Waals surface area contributed by atoms with Crippen molar-refractivity contribution in [1.29, 1.82) is 0 Å². The Hall–Kier alpha value is -2.90. The molecule has 0 heterocycles. The molecule has 27 heavy (non-hydrogen) atoms. The molecule has 3 aromatic rings. The van der Waals surface area contributed by atoms with Gasteiger partial charge in [0, 0.05) is 0 Å². The predicted octanol–water partition coefficient (Wildman–Crippen LogP) is 6.52. The minimum absolute atomic E-state index is 0.0133. The summed E-state index contributed by atoms with van der Waals surface area (Å²) in [4.78, 5) is 0. The summed E-state index contributed by atoms with van der Waals surface area (Å²) < 4.78 is 6.93. The number of hydrogen-bond acceptors (Lipinski definition) is 1. The van der Waals surface area contributed by atoms with Crippen LogP contribution in [0.2, 0.25) is 0 Å². The van der Waals surface area contributed by atoms with Crippen LogP contribution in [-0.4, -0.2) is 6.10 Å². The average Bonchev–Trinajstić information content (AvgIpc) is 2.74. The van der Waals surface area contributed by atoms with E-state index in [0.29, 0.717) is 0 Å². The first-order valence-electron chi connectivity index (χ1n) is 9.37. The van der Waals surface area contributed by atoms with Crippen LogP contribution < -0.4 is 0 Å². The Balaban J connectivity index is 2.25. The second-order valence-corrected chi connectivity index (χ2v) is 6.57. The van der Waals surface area contributed by atoms with Crippen molar-refractivity contribution in [3.05, 3.63) is 133 Å². The van der Waals surface area contributed by atoms with E-state index in [4.69, 9.17) is 4.74 Å². The molecule has 136 valence electrons. The molecule has 0 saturated heterocycles. The van der Waals surface area contributed by atoms with E-state index in [9.17, 15) is 0 Å². The van der Waals surface area contributed by atoms with Crippen LogP contribution in [0.4, 0.5) is 0 Å². The molecule has 3 rings (SSSR count). The molecule has 1 nitrogen and oxygen atoms in total. The van der Waals surface area contributed by atoms with Gasteiger partial charge in [-0.25, -0.2) is 0 Å². The smallest absolute Gasteiger partial charge is 0.144 e. The number of rotatable bonds is 9. The lowest BCUT2D eigenvalue weighted by Crippen LogP contribution is -2.36. The van der Waals surface area contributed by atoms with Gasteiger partial charge in [-0.15, -0.1) is 13.2 Å². The third-order valence-corrected chi connectivity index (χ3v) is 4.74. The van der Waals surface area contributed by atoms with Crippen molar-refractivity contribution in [3.63, 3.8) is 0 Å². The molecule has 1 heteroatoms. The van der Waals surface area contributed by atoms with Crippen molar-refractivity contribution >= 4 is 0 Å². The van der Waals surface area contributed by atoms with Crippen molar-refractivity contribution in [2.45, 2.75) is 24.5 Å². The van der Waals surface area contributed by atoms with Gasteiger partial charge in [-0.1, -0.05) is 103 Å². The van der Waals surface area contributed by atoms with E-state index >= 15 is 0 Å². The van der Waals surface area contributed by atoms with Gasteiger partial charge in [0.25, 0.3) is 0 Å². The Morgan fingerprint density at radius 1 is 0.630 bits per heavy atom. The monoisotopic (exact) mass is 354 g/mol. The van der Waals surface area contributed by atoms with Gasteiger partial charge in [-0.05, 0) is 29.5 Å². The van der Waals surface area contributed by atoms with Crippen molar-refractivity contribution in [2.24, 2.45) is 0 Å². The Morgan fingerprint density at radius 3 is 1.26 bits per heavy atom. The molecule has 0 atom stereocenters. The Labute approximate surface area is 162 Å². The number of hydrogen-bond donors (Lipinski definition) is 0. The first-order chi connectivity index (χ1) is 13.3. The summed E-state index contributed by atoms with van der Waals surface area (Å²) in [5, 5.41) is 0. The van der Waals surface area contributed by atoms with Crippen molar-refractivity contribution in [2.75, 3.05) is 0 Å². The van der Waals surface area contributed by atoms with Gasteiger partial charge in [0.1, 0.15) is 5.60 Å². The summed E-state index contributed by atoms with van der Waals surface area (Å²) >= 11 is 0. The van der Waals surface area contributed by atoms with Gasteiger partial charge >= 0.3 is 0 Å². The molecule has 3 aromatic carbocycles. The summed E-state index contributed by atoms with van der Waals surface area (Å²) in [5.41, 5.74) is 2.64. The standard InChI is InChI=1S/C26H26O/c1-3-14-25(15-4-2)27-26(22-16-8-5-9-17-22,23-18-10-6-11-19-23)24-20-12-7-13-21-24/h3-13,16-21,25H,1-2,14-15H2. The van der Waals surface area contributed by atoms with E-state index in [1.54, 1.807) is 0 Å². The minimum Gasteiger partial charge on any atom is -0.357 e. The summed E-state index contributed by atoms with van der Waals surface area (Å²) in [6.07, 6.45) is 5.35. The van der Waals surface area contributed by atoms with E-state index in [1.165, 1.54) is 0 Å². The Kier molecular flexibility index (Phi) is 6.40. The van der Waals surface area contributed by atoms with E-state index in [0.717, 1.165) is 29.5 Å². The lowest BCUT2D eigenvalue weighted by Gasteiger charge is -2.38. The third-order valence-electron chi connectivity index (χ3n) is 4.74. The quantitative estimate of drug-likeness (QED) is 0.314. The van der Waals surface area contributed by atoms with Crippen LogP contribution >= 0.6 is 0 Å². The summed E-state index contributed by atoms with van der Waals surface area (Å²) in [5.74, 6) is 0. The molecule has 0 saturated carbocycles. The van der Waals surface area contributed by atoms with Crippen LogP contribution in [0.1, 0.15) is 29.5 Å². The molecular weight excluding hydrogens is 328 g/mol. The van der Waals surface area contributed by atoms with E-state index in [2.05, 4.69) is 86.0 Å². The van der Waals surface area contributed by atoms with Gasteiger partial charge in [0.15, 0.2) is 0 Å². The zero-order chi connectivity index (χ0) is 19.0. The molecule has 0 spiro atoms. The normalized spacial score (nSPS) is 11.3. The van der Waals surface area contributed by atoms with E-state index in [-0.39, 0.29) is 6.10 Å². The molecule has 0 aromatic heterocycles. The first kappa shape index (κ1) is 18.9. The predicted molar refractivity (Wildman–Crippen MR) is 114 cm³/mol. The fraction of sp³-hybridized carbons (Fsp3) is 0.154. The van der Waals surface area contributed by atoms with Crippen molar-refractivity contribution < 1.29 is 4.74 Å². The second-order valence-electron chi connectivity index (χ2n) is 6.57. The topological polar surface area (TPSA) is 9.23 Å². The van der Waals surface area contributed by atoms with E-state index in [1.807, 2.05) is 30.4 Å². The van der Waals surface area contributed by atoms with Gasteiger partial charge in [0.2, 0.25) is 0 Å². The van der Waals surface area contributed by atoms with Crippen LogP contribution in [0.15, 0.2) is 116 Å². The van der Waals surface area contributed by atoms with Crippen LogP contribution in [-0.2, 0) is 10.3 Å². The van der Waals surface area contributed by atoms with Crippen molar-refractivity contribution in [3.8, 4) is 0 Å². The summed E-state index contributed by atoms with van der Waals surface area (Å²) in [7, 11) is 0. The highest BCUT2D eigenvalue weighted by molar-refractivity contribution is 5.47. The molecule has 0 radical (unpaired) electrons. The Bertz CT molecular complexity index is 730. The maximum Gasteiger partial charge on any atom is 0.144 e. The second kappa shape index (κ2) is 9.16. The molecular formula is C26H26O. The van der Waals surface area contributed by atoms with Crippen LogP contribution in [0.25, 0.3) is 0 Å². The molecule has 0 bridgehead atoms. The summed E-state index contributed by atoms with van der Waals surface area (Å²) in [6, 6.07) is 31.3. The van der Waals surface area contributed by atoms with Crippen LogP contribution in [0, 0.1) is 0 Å². The highest BCUT2D eigenvalue weighted by atomic mass is 16.5. The van der Waals surface area contributed by atoms with Gasteiger partial charge in [0.05, 0.1) is 6.10 Å². The average molecular weight is 354 g/mol. The lowest BCUT2D eigenvalue weighted by atomic mass is 9.79. The zero-order valence-electron chi connectivity index (χ0n) is 15.6. The molecule has 0 aliphatic carbocycles. The Morgan fingerprint density at radius 2 is 0.963 bits per heavy atom. The van der Waals surface area contributed by atoms with Crippen LogP contribution in [0.5, 0.6) is 0 Å². The third kappa shape index (κ3) is 4.10. The number of benzene rings is 3. The van der Waals surface area contributed by atoms with E-state index < -0.39 is 5.60 Å². The lowest BCUT2D eigenvalue weighted by molar-refractivity contribution is -0.0441. The molecule has 0 N–H and O–H groups in total. The fourth-order valence-electron chi connectivity index (χ4n) is 3.54. The van der Waals surface area contributed by atoms with Gasteiger partial charge in [-0.2, -0.15) is 0 Å². The first-order valence-corrected chi connectivity index (χ1v) is 9.37. The zero-order valence-corrected chi connectivity index (χ0v) is 15.6. The highest BCUT2D eigenvalue weighted by Gasteiger charge is 2.39.